The van der Waals surface area contributed by atoms with Crippen LogP contribution in [0.15, 0.2) is 60.7 Å². The van der Waals surface area contributed by atoms with Crippen molar-refractivity contribution in [2.45, 2.75) is 70.4 Å². The average molecular weight is 394 g/mol. The highest BCUT2D eigenvalue weighted by Gasteiger charge is 2.35. The van der Waals surface area contributed by atoms with Crippen LogP contribution in [0, 0.1) is 0 Å². The third-order valence-corrected chi connectivity index (χ3v) is 6.33. The fraction of sp³-hybridized carbons (Fsp3) is 0.500. The van der Waals surface area contributed by atoms with E-state index in [2.05, 4.69) is 86.3 Å². The molecule has 1 heterocycles. The fourth-order valence-electron chi connectivity index (χ4n) is 4.65. The zero-order chi connectivity index (χ0) is 20.9. The monoisotopic (exact) mass is 393 g/mol. The zero-order valence-electron chi connectivity index (χ0n) is 18.4. The Bertz CT molecular complexity index is 787. The summed E-state index contributed by atoms with van der Waals surface area (Å²) < 4.78 is 5.88. The zero-order valence-corrected chi connectivity index (χ0v) is 18.4. The van der Waals surface area contributed by atoms with Crippen molar-refractivity contribution in [2.75, 3.05) is 13.2 Å². The number of nitrogens with zero attached hydrogens (tertiary/aromatic N) is 1. The van der Waals surface area contributed by atoms with Crippen LogP contribution in [0.1, 0.15) is 58.1 Å². The van der Waals surface area contributed by atoms with E-state index in [0.717, 1.165) is 38.8 Å². The maximum absolute atomic E-state index is 12.6. The minimum Gasteiger partial charge on any atom is -0.375 e. The average Bonchev–Trinajstić information content (AvgIpc) is 2.68. The summed E-state index contributed by atoms with van der Waals surface area (Å²) in [4.78, 5) is 14.6. The molecule has 1 amide bonds. The van der Waals surface area contributed by atoms with E-state index in [0.29, 0.717) is 0 Å². The SMILES string of the molecule is CC(=O)N(CC[C@](C)(Cc1ccccc1)c1ccccc1)[C@H]1CCOC(C)(C)C1. The lowest BCUT2D eigenvalue weighted by Gasteiger charge is -2.42. The molecule has 0 bridgehead atoms. The summed E-state index contributed by atoms with van der Waals surface area (Å²) in [6.45, 7) is 9.79. The molecule has 0 spiro atoms. The van der Waals surface area contributed by atoms with Gasteiger partial charge >= 0.3 is 0 Å². The topological polar surface area (TPSA) is 29.5 Å². The first kappa shape index (κ1) is 21.6. The molecule has 0 N–H and O–H groups in total. The minimum atomic E-state index is -0.163. The quantitative estimate of drug-likeness (QED) is 0.632. The van der Waals surface area contributed by atoms with E-state index in [1.807, 2.05) is 0 Å². The van der Waals surface area contributed by atoms with Crippen molar-refractivity contribution in [2.24, 2.45) is 0 Å². The third-order valence-electron chi connectivity index (χ3n) is 6.33. The van der Waals surface area contributed by atoms with Crippen LogP contribution in [0.25, 0.3) is 0 Å². The molecule has 2 aromatic carbocycles. The van der Waals surface area contributed by atoms with Gasteiger partial charge in [0.05, 0.1) is 5.60 Å². The number of rotatable bonds is 7. The Labute approximate surface area is 176 Å². The molecule has 1 saturated heterocycles. The Morgan fingerprint density at radius 2 is 1.72 bits per heavy atom. The Hall–Kier alpha value is -2.13. The largest absolute Gasteiger partial charge is 0.375 e. The summed E-state index contributed by atoms with van der Waals surface area (Å²) in [6, 6.07) is 21.7. The lowest BCUT2D eigenvalue weighted by molar-refractivity contribution is -0.138. The third kappa shape index (κ3) is 5.70. The van der Waals surface area contributed by atoms with Gasteiger partial charge in [0.1, 0.15) is 0 Å². The summed E-state index contributed by atoms with van der Waals surface area (Å²) in [6.07, 6.45) is 3.71. The van der Waals surface area contributed by atoms with Gasteiger partial charge in [-0.3, -0.25) is 4.79 Å². The van der Waals surface area contributed by atoms with Gasteiger partial charge in [-0.15, -0.1) is 0 Å². The molecule has 0 aliphatic carbocycles. The molecule has 3 rings (SSSR count). The van der Waals surface area contributed by atoms with Crippen LogP contribution in [0.4, 0.5) is 0 Å². The van der Waals surface area contributed by atoms with Crippen molar-refractivity contribution in [1.82, 2.24) is 4.90 Å². The second-order valence-electron chi connectivity index (χ2n) is 9.31. The highest BCUT2D eigenvalue weighted by molar-refractivity contribution is 5.73. The van der Waals surface area contributed by atoms with Gasteiger partial charge in [0.15, 0.2) is 0 Å². The molecule has 3 nitrogen and oxygen atoms in total. The lowest BCUT2D eigenvalue weighted by atomic mass is 9.74. The number of hydrogen-bond acceptors (Lipinski definition) is 2. The van der Waals surface area contributed by atoms with Gasteiger partial charge in [-0.25, -0.2) is 0 Å². The van der Waals surface area contributed by atoms with Gasteiger partial charge in [0.2, 0.25) is 5.91 Å². The van der Waals surface area contributed by atoms with Crippen LogP contribution in [-0.4, -0.2) is 35.6 Å². The summed E-state index contributed by atoms with van der Waals surface area (Å²) in [5.74, 6) is 0.169. The van der Waals surface area contributed by atoms with Crippen LogP contribution >= 0.6 is 0 Å². The second kappa shape index (κ2) is 9.13. The standard InChI is InChI=1S/C26H35NO2/c1-21(28)27(24-15-18-29-25(2,3)20-24)17-16-26(4,23-13-9-6-10-14-23)19-22-11-7-5-8-12-22/h5-14,24H,15-20H2,1-4H3/t24-,26+/m0/s1. The Balaban J connectivity index is 1.80. The predicted octanol–water partition coefficient (Wildman–Crippen LogP) is 5.38. The fourth-order valence-corrected chi connectivity index (χ4v) is 4.65. The molecule has 1 fully saturated rings. The van der Waals surface area contributed by atoms with E-state index in [4.69, 9.17) is 4.74 Å². The Morgan fingerprint density at radius 1 is 1.10 bits per heavy atom. The van der Waals surface area contributed by atoms with Crippen LogP contribution in [0.2, 0.25) is 0 Å². The van der Waals surface area contributed by atoms with Gasteiger partial charge in [0, 0.05) is 26.1 Å². The van der Waals surface area contributed by atoms with E-state index in [1.165, 1.54) is 11.1 Å². The van der Waals surface area contributed by atoms with Crippen molar-refractivity contribution < 1.29 is 9.53 Å². The normalized spacial score (nSPS) is 20.6. The van der Waals surface area contributed by atoms with Crippen molar-refractivity contribution in [1.29, 1.82) is 0 Å². The van der Waals surface area contributed by atoms with Crippen molar-refractivity contribution in [3.63, 3.8) is 0 Å². The molecule has 2 atom stereocenters. The molecule has 0 saturated carbocycles. The minimum absolute atomic E-state index is 0.0308. The van der Waals surface area contributed by atoms with E-state index >= 15 is 0 Å². The smallest absolute Gasteiger partial charge is 0.219 e. The first-order valence-electron chi connectivity index (χ1n) is 10.8. The summed E-state index contributed by atoms with van der Waals surface area (Å²) >= 11 is 0. The molecular weight excluding hydrogens is 358 g/mol. The van der Waals surface area contributed by atoms with Gasteiger partial charge in [-0.05, 0) is 56.1 Å². The van der Waals surface area contributed by atoms with E-state index in [1.54, 1.807) is 6.92 Å². The molecule has 2 aromatic rings. The van der Waals surface area contributed by atoms with E-state index in [-0.39, 0.29) is 23.0 Å². The highest BCUT2D eigenvalue weighted by Crippen LogP contribution is 2.34. The van der Waals surface area contributed by atoms with Crippen LogP contribution in [0.3, 0.4) is 0 Å². The molecule has 0 unspecified atom stereocenters. The summed E-state index contributed by atoms with van der Waals surface area (Å²) in [7, 11) is 0. The molecule has 3 heteroatoms. The number of carbonyl (C=O) groups is 1. The van der Waals surface area contributed by atoms with E-state index in [9.17, 15) is 4.79 Å². The predicted molar refractivity (Wildman–Crippen MR) is 119 cm³/mol. The Morgan fingerprint density at radius 3 is 2.31 bits per heavy atom. The van der Waals surface area contributed by atoms with Crippen LogP contribution < -0.4 is 0 Å². The van der Waals surface area contributed by atoms with Gasteiger partial charge in [-0.2, -0.15) is 0 Å². The van der Waals surface area contributed by atoms with Crippen LogP contribution in [-0.2, 0) is 21.4 Å². The number of ether oxygens (including phenoxy) is 1. The van der Waals surface area contributed by atoms with Crippen molar-refractivity contribution in [3.8, 4) is 0 Å². The van der Waals surface area contributed by atoms with Gasteiger partial charge in [0.25, 0.3) is 0 Å². The molecule has 0 radical (unpaired) electrons. The highest BCUT2D eigenvalue weighted by atomic mass is 16.5. The summed E-state index contributed by atoms with van der Waals surface area (Å²) in [5, 5.41) is 0. The maximum Gasteiger partial charge on any atom is 0.219 e. The number of hydrogen-bond donors (Lipinski definition) is 0. The summed E-state index contributed by atoms with van der Waals surface area (Å²) in [5.41, 5.74) is 2.47. The van der Waals surface area contributed by atoms with Crippen LogP contribution in [0.5, 0.6) is 0 Å². The molecule has 1 aliphatic rings. The number of amides is 1. The maximum atomic E-state index is 12.6. The van der Waals surface area contributed by atoms with Gasteiger partial charge in [-0.1, -0.05) is 67.6 Å². The van der Waals surface area contributed by atoms with Crippen molar-refractivity contribution >= 4 is 5.91 Å². The number of benzene rings is 2. The van der Waals surface area contributed by atoms with Gasteiger partial charge < -0.3 is 9.64 Å². The molecule has 1 aliphatic heterocycles. The molecule has 156 valence electrons. The molecular formula is C26H35NO2. The van der Waals surface area contributed by atoms with E-state index < -0.39 is 0 Å². The lowest BCUT2D eigenvalue weighted by Crippen LogP contribution is -2.49. The first-order chi connectivity index (χ1) is 13.8. The number of carbonyl (C=O) groups excluding carboxylic acids is 1. The molecule has 0 aromatic heterocycles. The second-order valence-corrected chi connectivity index (χ2v) is 9.31. The first-order valence-corrected chi connectivity index (χ1v) is 10.8. The Kier molecular flexibility index (Phi) is 6.79. The molecule has 29 heavy (non-hydrogen) atoms. The van der Waals surface area contributed by atoms with Crippen molar-refractivity contribution in [3.05, 3.63) is 71.8 Å².